The molecule has 0 rings (SSSR count). The smallest absolute Gasteiger partial charge is 0.215 e. The van der Waals surface area contributed by atoms with Crippen molar-refractivity contribution in [1.29, 1.82) is 4.14 Å². The molecule has 0 radical (unpaired) electrons. The SMILES string of the molecule is [2H]OC([2H])([3H])P([2H])O[3H]. The van der Waals surface area contributed by atoms with Gasteiger partial charge in [0.1, 0.15) is 0 Å². The molecule has 0 fully saturated rings. The fourth-order valence-corrected chi connectivity index (χ4v) is 0. The first-order chi connectivity index (χ1) is 4.04. The molecule has 0 aromatic rings. The van der Waals surface area contributed by atoms with Crippen LogP contribution >= 0.6 is 8.75 Å². The molecule has 0 saturated carbocycles. The van der Waals surface area contributed by atoms with Crippen LogP contribution in [-0.2, 0) is 0 Å². The summed E-state index contributed by atoms with van der Waals surface area (Å²) >= 11 is 0. The van der Waals surface area contributed by atoms with Crippen molar-refractivity contribution in [3.05, 3.63) is 0 Å². The average molecular weight is 87.1 g/mol. The Morgan fingerprint density at radius 2 is 4.50 bits per heavy atom. The van der Waals surface area contributed by atoms with E-state index >= 15 is 0 Å². The first-order valence-electron chi connectivity index (χ1n) is 2.87. The Labute approximate surface area is 33.4 Å². The van der Waals surface area contributed by atoms with Gasteiger partial charge in [-0.1, -0.05) is 0 Å². The van der Waals surface area contributed by atoms with E-state index < -0.39 is 15.1 Å². The summed E-state index contributed by atoms with van der Waals surface area (Å²) in [5.74, 6) is 0. The largest absolute Gasteiger partial charge is 0.390 e. The Kier molecular flexibility index (Phi) is 0.586. The van der Waals surface area contributed by atoms with Gasteiger partial charge in [-0.15, -0.1) is 0 Å². The third-order valence-corrected chi connectivity index (χ3v) is 0.112. The molecule has 0 bridgehead atoms. The van der Waals surface area contributed by atoms with Crippen LogP contribution in [-0.4, -0.2) is 20.4 Å². The van der Waals surface area contributed by atoms with E-state index in [1.807, 2.05) is 0 Å². The maximum Gasteiger partial charge on any atom is 0.215 e. The van der Waals surface area contributed by atoms with Crippen LogP contribution < -0.4 is 0 Å². The predicted octanol–water partition coefficient (Wildman–Crippen LogP) is -0.478. The quantitative estimate of drug-likeness (QED) is 0.456. The molecule has 0 aliphatic heterocycles. The molecule has 2 N–H and O–H groups in total. The molecule has 0 saturated heterocycles. The zero-order valence-corrected chi connectivity index (χ0v) is 2.66. The highest BCUT2D eigenvalue weighted by molar-refractivity contribution is 7.30. The van der Waals surface area contributed by atoms with Gasteiger partial charge in [-0.3, -0.25) is 0 Å². The van der Waals surface area contributed by atoms with E-state index in [4.69, 9.17) is 6.88 Å². The molecule has 0 aliphatic carbocycles. The van der Waals surface area contributed by atoms with Gasteiger partial charge in [-0.25, -0.2) is 0 Å². The molecule has 2 atom stereocenters. The third-order valence-electron chi connectivity index (χ3n) is 0.0373. The molecule has 2 unspecified atom stereocenters. The second-order valence-corrected chi connectivity index (χ2v) is 0.548. The van der Waals surface area contributed by atoms with Crippen LogP contribution in [0.5, 0.6) is 0 Å². The van der Waals surface area contributed by atoms with Crippen LogP contribution in [0.15, 0.2) is 0 Å². The highest BCUT2D eigenvalue weighted by Gasteiger charge is 1.57. The standard InChI is InChI=1S/CH5O2P/c2-1-4-3/h2-4H,1H2/i1TD,2D,3T,4D. The number of hydrogen-bond acceptors (Lipinski definition) is 2. The zero-order chi connectivity index (χ0) is 7.49. The van der Waals surface area contributed by atoms with E-state index in [0.29, 0.717) is 0 Å². The first kappa shape index (κ1) is 0.700. The average Bonchev–Trinajstić information content (AvgIpc) is 1.86. The lowest BCUT2D eigenvalue weighted by Gasteiger charge is -1.70. The first-order valence-corrected chi connectivity index (χ1v) is 1.42. The van der Waals surface area contributed by atoms with Crippen LogP contribution in [0.1, 0.15) is 2.74 Å². The van der Waals surface area contributed by atoms with Crippen LogP contribution in [0.3, 0.4) is 0 Å². The molecular weight excluding hydrogens is 75.0 g/mol. The fourth-order valence-electron chi connectivity index (χ4n) is 0. The van der Waals surface area contributed by atoms with Crippen molar-refractivity contribution < 1.29 is 12.7 Å². The maximum absolute atomic E-state index is 6.66. The van der Waals surface area contributed by atoms with Crippen molar-refractivity contribution >= 4 is 8.75 Å². The van der Waals surface area contributed by atoms with E-state index in [2.05, 4.69) is 10.0 Å². The molecule has 4 heavy (non-hydrogen) atoms. The summed E-state index contributed by atoms with van der Waals surface area (Å²) < 4.78 is 32.1. The van der Waals surface area contributed by atoms with E-state index in [-0.39, 0.29) is 0 Å². The lowest BCUT2D eigenvalue weighted by molar-refractivity contribution is 0.362. The minimum absolute atomic E-state index is 2.38. The lowest BCUT2D eigenvalue weighted by atomic mass is 11.7. The Bertz CT molecular complexity index is 87.0. The Morgan fingerprint density at radius 1 is 3.50 bits per heavy atom. The fraction of sp³-hybridized carbons (Fsp3) is 1.00. The lowest BCUT2D eigenvalue weighted by Crippen LogP contribution is -1.58. The van der Waals surface area contributed by atoms with Crippen molar-refractivity contribution in [3.63, 3.8) is 0 Å². The Balaban J connectivity index is 3.80. The molecule has 0 aromatic heterocycles. The summed E-state index contributed by atoms with van der Waals surface area (Å²) in [4.78, 5) is 3.57. The molecule has 0 spiro atoms. The van der Waals surface area contributed by atoms with Crippen LogP contribution in [0.4, 0.5) is 0 Å². The predicted molar refractivity (Wildman–Crippen MR) is 17.6 cm³/mol. The topological polar surface area (TPSA) is 40.5 Å². The van der Waals surface area contributed by atoms with Crippen molar-refractivity contribution in [3.8, 4) is 0 Å². The summed E-state index contributed by atoms with van der Waals surface area (Å²) in [6, 6.07) is 0. The van der Waals surface area contributed by atoms with E-state index in [1.54, 1.807) is 0 Å². The second-order valence-electron chi connectivity index (χ2n) is 0.183. The number of hydrogen-bond donors (Lipinski definition) is 2. The van der Waals surface area contributed by atoms with Crippen LogP contribution in [0.25, 0.3) is 0 Å². The van der Waals surface area contributed by atoms with E-state index in [1.165, 1.54) is 0 Å². The summed E-state index contributed by atoms with van der Waals surface area (Å²) in [5, 5.41) is 3.47. The highest BCUT2D eigenvalue weighted by Crippen LogP contribution is 1.92. The maximum atomic E-state index is 6.66. The number of aliphatic hydroxyl groups is 1. The molecule has 0 aromatic carbocycles. The van der Waals surface area contributed by atoms with Gasteiger partial charge in [0, 0.05) is 8.75 Å². The van der Waals surface area contributed by atoms with Gasteiger partial charge in [-0.2, -0.15) is 0 Å². The minimum atomic E-state index is -2.46. The Hall–Kier alpha value is 0.350. The van der Waals surface area contributed by atoms with Crippen molar-refractivity contribution in [2.24, 2.45) is 0 Å². The Morgan fingerprint density at radius 3 is 4.75 bits per heavy atom. The number of rotatable bonds is 3. The van der Waals surface area contributed by atoms with Crippen molar-refractivity contribution in [2.75, 3.05) is 6.30 Å². The summed E-state index contributed by atoms with van der Waals surface area (Å²) in [6.07, 6.45) is -2.46. The molecule has 0 heterocycles. The molecule has 0 aliphatic rings. The van der Waals surface area contributed by atoms with Gasteiger partial charge in [0.2, 0.25) is 2.86 Å². The van der Waals surface area contributed by atoms with Gasteiger partial charge >= 0.3 is 0 Å². The van der Waals surface area contributed by atoms with Crippen LogP contribution in [0.2, 0.25) is 0 Å². The normalized spacial score (nSPS) is 48.5. The van der Waals surface area contributed by atoms with Gasteiger partial charge < -0.3 is 10.0 Å². The summed E-state index contributed by atoms with van der Waals surface area (Å²) in [5.41, 5.74) is 0. The van der Waals surface area contributed by atoms with Gasteiger partial charge in [0.25, 0.3) is 0 Å². The van der Waals surface area contributed by atoms with Gasteiger partial charge in [0.05, 0.1) is 10.3 Å². The molecular formula is CH5O2P. The molecule has 26 valence electrons. The molecule has 0 amide bonds. The summed E-state index contributed by atoms with van der Waals surface area (Å²) in [6.45, 7) is 0. The van der Waals surface area contributed by atoms with Crippen LogP contribution in [0, 0.1) is 0 Å². The monoisotopic (exact) mass is 87.0 g/mol. The zero-order valence-electron chi connectivity index (χ0n) is 6.76. The highest BCUT2D eigenvalue weighted by atomic mass is 31.1. The van der Waals surface area contributed by atoms with Gasteiger partial charge in [0.15, 0.2) is 0 Å². The van der Waals surface area contributed by atoms with Gasteiger partial charge in [-0.05, 0) is 0 Å². The van der Waals surface area contributed by atoms with Crippen molar-refractivity contribution in [1.82, 2.24) is 0 Å². The third kappa shape index (κ3) is 2.35. The van der Waals surface area contributed by atoms with E-state index in [9.17, 15) is 0 Å². The molecule has 2 nitrogen and oxygen atoms in total. The second kappa shape index (κ2) is 3.35. The van der Waals surface area contributed by atoms with E-state index in [0.717, 1.165) is 0 Å². The molecule has 3 heteroatoms. The van der Waals surface area contributed by atoms with Crippen molar-refractivity contribution in [2.45, 2.75) is 0 Å². The minimum Gasteiger partial charge on any atom is -0.390 e. The summed E-state index contributed by atoms with van der Waals surface area (Å²) in [7, 11) is -2.38.